The summed E-state index contributed by atoms with van der Waals surface area (Å²) < 4.78 is 71.6. The highest BCUT2D eigenvalue weighted by molar-refractivity contribution is 6.05. The van der Waals surface area contributed by atoms with E-state index in [1.807, 2.05) is 0 Å². The standard InChI is InChI=1S/C24H22F5N7O/c1-13-10-18(22(25)26)36(33-13)20-11-19(30)32-23-17(8-9-31-20)21(34-35(23)12-14-2-3-14)15-4-6-16(7-5-15)37-24(27,28)29/h4-7,9-11,14,22H,2-3,8,12H2,1H3,(H2,30,32)/b20-11+,31-9-. The van der Waals surface area contributed by atoms with Crippen molar-refractivity contribution >= 4 is 23.7 Å². The maximum Gasteiger partial charge on any atom is 0.573 e. The summed E-state index contributed by atoms with van der Waals surface area (Å²) in [5.74, 6) is 0.553. The van der Waals surface area contributed by atoms with E-state index in [0.29, 0.717) is 40.8 Å². The summed E-state index contributed by atoms with van der Waals surface area (Å²) in [7, 11) is 0. The molecule has 2 aliphatic rings. The molecule has 0 amide bonds. The minimum absolute atomic E-state index is 0.0444. The van der Waals surface area contributed by atoms with Crippen LogP contribution in [-0.4, -0.2) is 38.0 Å². The zero-order valence-electron chi connectivity index (χ0n) is 19.6. The first-order chi connectivity index (χ1) is 17.6. The van der Waals surface area contributed by atoms with Crippen molar-refractivity contribution in [1.82, 2.24) is 19.6 Å². The molecule has 13 heteroatoms. The number of hydrogen-bond donors (Lipinski definition) is 2. The Bertz CT molecular complexity index is 1380. The van der Waals surface area contributed by atoms with Crippen molar-refractivity contribution in [3.8, 4) is 17.0 Å². The number of rotatable bonds is 6. The Kier molecular flexibility index (Phi) is 6.30. The summed E-state index contributed by atoms with van der Waals surface area (Å²) in [5, 5.41) is 20.3. The Morgan fingerprint density at radius 2 is 1.89 bits per heavy atom. The van der Waals surface area contributed by atoms with Crippen LogP contribution in [-0.2, 0) is 13.0 Å². The molecule has 2 N–H and O–H groups in total. The zero-order chi connectivity index (χ0) is 26.3. The van der Waals surface area contributed by atoms with Crippen LogP contribution in [0.15, 0.2) is 41.4 Å². The van der Waals surface area contributed by atoms with Gasteiger partial charge in [-0.1, -0.05) is 0 Å². The number of hydrogen-bond acceptors (Lipinski definition) is 5. The van der Waals surface area contributed by atoms with Crippen molar-refractivity contribution < 1.29 is 26.7 Å². The highest BCUT2D eigenvalue weighted by atomic mass is 19.4. The lowest BCUT2D eigenvalue weighted by molar-refractivity contribution is -0.274. The molecular formula is C24H22F5N7O. The van der Waals surface area contributed by atoms with Crippen LogP contribution in [0.5, 0.6) is 5.75 Å². The third kappa shape index (κ3) is 5.54. The van der Waals surface area contributed by atoms with E-state index in [4.69, 9.17) is 10.5 Å². The number of nitrogens with zero attached hydrogens (tertiary/aromatic N) is 5. The number of aromatic nitrogens is 4. The van der Waals surface area contributed by atoms with Gasteiger partial charge in [-0.3, -0.25) is 5.41 Å². The second-order valence-corrected chi connectivity index (χ2v) is 8.85. The van der Waals surface area contributed by atoms with Crippen LogP contribution in [0, 0.1) is 18.3 Å². The van der Waals surface area contributed by atoms with E-state index in [2.05, 4.69) is 20.1 Å². The first kappa shape index (κ1) is 24.7. The van der Waals surface area contributed by atoms with Gasteiger partial charge in [0.2, 0.25) is 0 Å². The van der Waals surface area contributed by atoms with Crippen molar-refractivity contribution in [2.75, 3.05) is 5.32 Å². The number of ether oxygens (including phenoxy) is 1. The Labute approximate surface area is 208 Å². The van der Waals surface area contributed by atoms with E-state index >= 15 is 0 Å². The molecule has 1 saturated carbocycles. The summed E-state index contributed by atoms with van der Waals surface area (Å²) >= 11 is 0. The number of aliphatic imine (C=N–C) groups is 1. The smallest absolute Gasteiger partial charge is 0.406 e. The molecule has 1 fully saturated rings. The van der Waals surface area contributed by atoms with E-state index < -0.39 is 12.8 Å². The highest BCUT2D eigenvalue weighted by Crippen LogP contribution is 2.36. The number of alkyl halides is 5. The fourth-order valence-corrected chi connectivity index (χ4v) is 4.09. The normalized spacial score (nSPS) is 18.4. The first-order valence-electron chi connectivity index (χ1n) is 11.5. The van der Waals surface area contributed by atoms with Crippen molar-refractivity contribution in [3.05, 3.63) is 53.4 Å². The van der Waals surface area contributed by atoms with Gasteiger partial charge in [-0.05, 0) is 56.0 Å². The summed E-state index contributed by atoms with van der Waals surface area (Å²) in [6, 6.07) is 6.63. The molecule has 2 aromatic heterocycles. The van der Waals surface area contributed by atoms with E-state index in [-0.39, 0.29) is 29.5 Å². The fourth-order valence-electron chi connectivity index (χ4n) is 4.09. The molecular weight excluding hydrogens is 497 g/mol. The Morgan fingerprint density at radius 3 is 2.54 bits per heavy atom. The van der Waals surface area contributed by atoms with Crippen LogP contribution in [0.2, 0.25) is 0 Å². The van der Waals surface area contributed by atoms with Crippen LogP contribution in [0.4, 0.5) is 27.8 Å². The van der Waals surface area contributed by atoms with E-state index in [9.17, 15) is 22.0 Å². The third-order valence-corrected chi connectivity index (χ3v) is 5.89. The van der Waals surface area contributed by atoms with Gasteiger partial charge in [-0.25, -0.2) is 23.1 Å². The van der Waals surface area contributed by atoms with Crippen molar-refractivity contribution in [2.24, 2.45) is 10.9 Å². The molecule has 0 atom stereocenters. The van der Waals surface area contributed by atoms with Crippen LogP contribution < -0.4 is 10.1 Å². The topological polar surface area (TPSA) is 93.1 Å². The molecule has 3 aromatic rings. The number of anilines is 1. The number of aryl methyl sites for hydroxylation is 1. The Hall–Kier alpha value is -4.03. The molecule has 8 nitrogen and oxygen atoms in total. The average Bonchev–Trinajstić information content (AvgIpc) is 3.43. The molecule has 37 heavy (non-hydrogen) atoms. The minimum atomic E-state index is -4.80. The molecule has 1 aliphatic carbocycles. The summed E-state index contributed by atoms with van der Waals surface area (Å²) in [4.78, 5) is 4.33. The van der Waals surface area contributed by atoms with Crippen molar-refractivity contribution in [3.63, 3.8) is 0 Å². The lowest BCUT2D eigenvalue weighted by Crippen LogP contribution is -2.16. The zero-order valence-corrected chi connectivity index (χ0v) is 19.6. The largest absolute Gasteiger partial charge is 0.573 e. The Balaban J connectivity index is 1.52. The molecule has 0 unspecified atom stereocenters. The second-order valence-electron chi connectivity index (χ2n) is 8.85. The van der Waals surface area contributed by atoms with E-state index in [1.165, 1.54) is 42.6 Å². The van der Waals surface area contributed by atoms with Crippen LogP contribution in [0.1, 0.15) is 36.2 Å². The van der Waals surface area contributed by atoms with Crippen LogP contribution >= 0.6 is 0 Å². The van der Waals surface area contributed by atoms with Gasteiger partial charge in [0.1, 0.15) is 23.1 Å². The average molecular weight is 519 g/mol. The van der Waals surface area contributed by atoms with Gasteiger partial charge in [-0.2, -0.15) is 10.2 Å². The van der Waals surface area contributed by atoms with E-state index in [0.717, 1.165) is 17.5 Å². The summed E-state index contributed by atoms with van der Waals surface area (Å²) in [6.07, 6.45) is -2.45. The molecule has 5 rings (SSSR count). The van der Waals surface area contributed by atoms with Gasteiger partial charge in [0.25, 0.3) is 6.43 Å². The molecule has 0 radical (unpaired) electrons. The van der Waals surface area contributed by atoms with Gasteiger partial charge in [0.05, 0.1) is 11.4 Å². The Morgan fingerprint density at radius 1 is 1.16 bits per heavy atom. The summed E-state index contributed by atoms with van der Waals surface area (Å²) in [6.45, 7) is 2.18. The molecule has 0 spiro atoms. The van der Waals surface area contributed by atoms with Gasteiger partial charge in [0.15, 0.2) is 5.82 Å². The predicted octanol–water partition coefficient (Wildman–Crippen LogP) is 5.82. The first-order valence-corrected chi connectivity index (χ1v) is 11.5. The van der Waals surface area contributed by atoms with Gasteiger partial charge in [-0.15, -0.1) is 13.2 Å². The lowest BCUT2D eigenvalue weighted by atomic mass is 10.1. The highest BCUT2D eigenvalue weighted by Gasteiger charge is 2.31. The maximum atomic E-state index is 13.6. The number of halogens is 5. The van der Waals surface area contributed by atoms with Crippen LogP contribution in [0.25, 0.3) is 17.1 Å². The number of fused-ring (bicyclic) bond motifs is 1. The quantitative estimate of drug-likeness (QED) is 0.402. The van der Waals surface area contributed by atoms with E-state index in [1.54, 1.807) is 11.6 Å². The minimum Gasteiger partial charge on any atom is -0.406 e. The van der Waals surface area contributed by atoms with Gasteiger partial charge < -0.3 is 10.1 Å². The predicted molar refractivity (Wildman–Crippen MR) is 127 cm³/mol. The van der Waals surface area contributed by atoms with Crippen molar-refractivity contribution in [1.29, 1.82) is 5.41 Å². The van der Waals surface area contributed by atoms with Crippen molar-refractivity contribution in [2.45, 2.75) is 45.5 Å². The number of benzene rings is 1. The molecule has 0 saturated heterocycles. The van der Waals surface area contributed by atoms with Gasteiger partial charge in [0, 0.05) is 36.4 Å². The maximum absolute atomic E-state index is 13.6. The SMILES string of the molecule is Cc1cc(C(F)F)n(C2=C/C(=N)Nc3c(c(-c4ccc(OC(F)(F)F)cc4)nn3CC3CC3)C/C=N\2)n1. The van der Waals surface area contributed by atoms with Crippen LogP contribution in [0.3, 0.4) is 0 Å². The monoisotopic (exact) mass is 519 g/mol. The summed E-state index contributed by atoms with van der Waals surface area (Å²) in [5.41, 5.74) is 1.77. The molecule has 0 bridgehead atoms. The molecule has 194 valence electrons. The number of nitrogens with one attached hydrogen (secondary N) is 2. The fraction of sp³-hybridized carbons (Fsp3) is 0.333. The lowest BCUT2D eigenvalue weighted by Gasteiger charge is -2.11. The number of amidine groups is 1. The molecule has 1 aromatic carbocycles. The molecule has 1 aliphatic heterocycles. The second kappa shape index (κ2) is 9.45. The van der Waals surface area contributed by atoms with Gasteiger partial charge >= 0.3 is 6.36 Å². The third-order valence-electron chi connectivity index (χ3n) is 5.89. The molecule has 3 heterocycles.